The molecular weight excluding hydrogens is 126 g/mol. The molecule has 2 rings (SSSR count). The van der Waals surface area contributed by atoms with Crippen molar-refractivity contribution in [3.05, 3.63) is 17.7 Å². The molecule has 0 fully saturated rings. The van der Waals surface area contributed by atoms with E-state index in [4.69, 9.17) is 0 Å². The van der Waals surface area contributed by atoms with Crippen molar-refractivity contribution < 1.29 is 0 Å². The van der Waals surface area contributed by atoms with Crippen molar-refractivity contribution in [2.45, 2.75) is 13.5 Å². The fraction of sp³-hybridized carbons (Fsp3) is 0.429. The Morgan fingerprint density at radius 1 is 1.60 bits per heavy atom. The van der Waals surface area contributed by atoms with Crippen molar-refractivity contribution in [3.63, 3.8) is 0 Å². The van der Waals surface area contributed by atoms with Crippen LogP contribution in [0.5, 0.6) is 0 Å². The summed E-state index contributed by atoms with van der Waals surface area (Å²) in [5, 5.41) is 0. The average Bonchev–Trinajstić information content (AvgIpc) is 2.34. The van der Waals surface area contributed by atoms with Crippen LogP contribution >= 0.6 is 0 Å². The van der Waals surface area contributed by atoms with E-state index < -0.39 is 0 Å². The van der Waals surface area contributed by atoms with Crippen LogP contribution < -0.4 is 0 Å². The van der Waals surface area contributed by atoms with E-state index in [1.54, 1.807) is 0 Å². The predicted octanol–water partition coefficient (Wildman–Crippen LogP) is 0.624. The number of nitrogens with zero attached hydrogens (tertiary/aromatic N) is 3. The van der Waals surface area contributed by atoms with E-state index in [1.165, 1.54) is 5.69 Å². The lowest BCUT2D eigenvalue weighted by Gasteiger charge is -2.08. The summed E-state index contributed by atoms with van der Waals surface area (Å²) in [5.74, 6) is 0.990. The van der Waals surface area contributed by atoms with Crippen molar-refractivity contribution in [1.29, 1.82) is 0 Å². The van der Waals surface area contributed by atoms with Gasteiger partial charge in [-0.15, -0.1) is 0 Å². The second kappa shape index (κ2) is 1.94. The molecule has 0 bridgehead atoms. The van der Waals surface area contributed by atoms with E-state index in [9.17, 15) is 0 Å². The molecule has 0 radical (unpaired) electrons. The molecule has 1 aromatic heterocycles. The highest BCUT2D eigenvalue weighted by molar-refractivity contribution is 5.75. The Morgan fingerprint density at radius 3 is 3.30 bits per heavy atom. The van der Waals surface area contributed by atoms with Gasteiger partial charge in [-0.05, 0) is 6.92 Å². The summed E-state index contributed by atoms with van der Waals surface area (Å²) in [6.45, 7) is 3.94. The minimum Gasteiger partial charge on any atom is -0.326 e. The van der Waals surface area contributed by atoms with Gasteiger partial charge in [0.2, 0.25) is 0 Å². The smallest absolute Gasteiger partial charge is 0.150 e. The van der Waals surface area contributed by atoms with Gasteiger partial charge in [-0.25, -0.2) is 4.98 Å². The summed E-state index contributed by atoms with van der Waals surface area (Å²) in [4.78, 5) is 8.29. The molecule has 52 valence electrons. The van der Waals surface area contributed by atoms with Crippen molar-refractivity contribution in [2.75, 3.05) is 6.54 Å². The normalized spacial score (nSPS) is 15.3. The summed E-state index contributed by atoms with van der Waals surface area (Å²) >= 11 is 0. The highest BCUT2D eigenvalue weighted by Crippen LogP contribution is 2.04. The molecule has 0 aromatic carbocycles. The Kier molecular flexibility index (Phi) is 1.09. The molecule has 1 aliphatic rings. The van der Waals surface area contributed by atoms with Crippen LogP contribution in [0.15, 0.2) is 11.2 Å². The van der Waals surface area contributed by atoms with Gasteiger partial charge < -0.3 is 4.57 Å². The monoisotopic (exact) mass is 135 g/mol. The lowest BCUT2D eigenvalue weighted by Crippen LogP contribution is -2.12. The lowest BCUT2D eigenvalue weighted by atomic mass is 10.4. The van der Waals surface area contributed by atoms with Crippen LogP contribution in [0.4, 0.5) is 0 Å². The zero-order chi connectivity index (χ0) is 6.97. The largest absolute Gasteiger partial charge is 0.326 e. The van der Waals surface area contributed by atoms with Gasteiger partial charge >= 0.3 is 0 Å². The molecule has 0 aliphatic carbocycles. The predicted molar refractivity (Wildman–Crippen MR) is 39.4 cm³/mol. The number of hydrogen-bond donors (Lipinski definition) is 0. The first-order valence-electron chi connectivity index (χ1n) is 3.40. The highest BCUT2D eigenvalue weighted by Gasteiger charge is 2.06. The number of rotatable bonds is 0. The molecule has 0 saturated carbocycles. The minimum atomic E-state index is 0.893. The fourth-order valence-electron chi connectivity index (χ4n) is 1.18. The molecule has 10 heavy (non-hydrogen) atoms. The number of aryl methyl sites for hydroxylation is 1. The molecule has 3 nitrogen and oxygen atoms in total. The van der Waals surface area contributed by atoms with E-state index >= 15 is 0 Å². The third-order valence-electron chi connectivity index (χ3n) is 1.75. The number of aliphatic imine (C=N–C) groups is 1. The maximum atomic E-state index is 4.17. The van der Waals surface area contributed by atoms with Crippen LogP contribution in [0.1, 0.15) is 11.5 Å². The van der Waals surface area contributed by atoms with Gasteiger partial charge in [0.15, 0.2) is 5.82 Å². The van der Waals surface area contributed by atoms with Gasteiger partial charge in [-0.2, -0.15) is 0 Å². The van der Waals surface area contributed by atoms with Gasteiger partial charge in [0, 0.05) is 18.4 Å². The zero-order valence-corrected chi connectivity index (χ0v) is 5.91. The first-order chi connectivity index (χ1) is 4.88. The molecule has 3 heteroatoms. The lowest BCUT2D eigenvalue weighted by molar-refractivity contribution is 0.670. The second-order valence-corrected chi connectivity index (χ2v) is 2.44. The van der Waals surface area contributed by atoms with E-state index in [0.717, 1.165) is 18.9 Å². The summed E-state index contributed by atoms with van der Waals surface area (Å²) in [5.41, 5.74) is 1.22. The van der Waals surface area contributed by atoms with Crippen molar-refractivity contribution in [2.24, 2.45) is 4.99 Å². The van der Waals surface area contributed by atoms with Gasteiger partial charge in [0.05, 0.1) is 12.8 Å². The van der Waals surface area contributed by atoms with E-state index in [2.05, 4.69) is 21.5 Å². The molecule has 0 amide bonds. The third-order valence-corrected chi connectivity index (χ3v) is 1.75. The number of aromatic nitrogens is 2. The minimum absolute atomic E-state index is 0.893. The topological polar surface area (TPSA) is 30.2 Å². The highest BCUT2D eigenvalue weighted by atomic mass is 15.1. The number of imidazole rings is 1. The molecule has 0 N–H and O–H groups in total. The molecule has 2 heterocycles. The first-order valence-corrected chi connectivity index (χ1v) is 3.40. The standard InChI is InChI=1S/C7H9N3/c1-6-4-9-7-5-8-2-3-10(6)7/h4-5H,2-3H2,1H3. The number of fused-ring (bicyclic) bond motifs is 1. The second-order valence-electron chi connectivity index (χ2n) is 2.44. The third kappa shape index (κ3) is 0.667. The van der Waals surface area contributed by atoms with Gasteiger partial charge in [0.1, 0.15) is 0 Å². The van der Waals surface area contributed by atoms with E-state index in [0.29, 0.717) is 0 Å². The maximum Gasteiger partial charge on any atom is 0.150 e. The Hall–Kier alpha value is -1.12. The first kappa shape index (κ1) is 5.65. The van der Waals surface area contributed by atoms with Crippen LogP contribution in [0.3, 0.4) is 0 Å². The Labute approximate surface area is 59.4 Å². The van der Waals surface area contributed by atoms with Gasteiger partial charge in [-0.1, -0.05) is 0 Å². The van der Waals surface area contributed by atoms with Gasteiger partial charge in [-0.3, -0.25) is 4.99 Å². The van der Waals surface area contributed by atoms with Crippen LogP contribution in [0, 0.1) is 6.92 Å². The van der Waals surface area contributed by atoms with Crippen molar-refractivity contribution in [1.82, 2.24) is 9.55 Å². The summed E-state index contributed by atoms with van der Waals surface area (Å²) < 4.78 is 2.17. The van der Waals surface area contributed by atoms with Crippen molar-refractivity contribution >= 4 is 6.21 Å². The van der Waals surface area contributed by atoms with E-state index in [1.807, 2.05) is 12.4 Å². The fourth-order valence-corrected chi connectivity index (χ4v) is 1.18. The number of hydrogen-bond acceptors (Lipinski definition) is 2. The van der Waals surface area contributed by atoms with Crippen LogP contribution in [0.2, 0.25) is 0 Å². The van der Waals surface area contributed by atoms with Crippen molar-refractivity contribution in [3.8, 4) is 0 Å². The Morgan fingerprint density at radius 2 is 2.50 bits per heavy atom. The van der Waals surface area contributed by atoms with Crippen LogP contribution in [0.25, 0.3) is 0 Å². The summed E-state index contributed by atoms with van der Waals surface area (Å²) in [6, 6.07) is 0. The van der Waals surface area contributed by atoms with Crippen LogP contribution in [-0.4, -0.2) is 22.3 Å². The van der Waals surface area contributed by atoms with Gasteiger partial charge in [0.25, 0.3) is 0 Å². The molecule has 0 saturated heterocycles. The zero-order valence-electron chi connectivity index (χ0n) is 5.91. The summed E-state index contributed by atoms with van der Waals surface area (Å²) in [7, 11) is 0. The Balaban J connectivity index is 2.57. The molecule has 0 unspecified atom stereocenters. The quantitative estimate of drug-likeness (QED) is 0.513. The summed E-state index contributed by atoms with van der Waals surface area (Å²) in [6.07, 6.45) is 3.71. The van der Waals surface area contributed by atoms with Crippen LogP contribution in [-0.2, 0) is 6.54 Å². The SMILES string of the molecule is Cc1cnc2n1CCN=C2. The molecule has 1 aliphatic heterocycles. The molecule has 0 spiro atoms. The maximum absolute atomic E-state index is 4.17. The average molecular weight is 135 g/mol. The molecule has 1 aromatic rings. The molecule has 0 atom stereocenters. The van der Waals surface area contributed by atoms with E-state index in [-0.39, 0.29) is 0 Å². The Bertz CT molecular complexity index is 272. The molecular formula is C7H9N3.